The Balaban J connectivity index is 1.58. The smallest absolute Gasteiger partial charge is 0.338 e. The van der Waals surface area contributed by atoms with E-state index in [1.165, 1.54) is 0 Å². The van der Waals surface area contributed by atoms with Crippen LogP contribution in [0.5, 0.6) is 0 Å². The lowest BCUT2D eigenvalue weighted by Gasteiger charge is -2.18. The molecule has 9 heteroatoms. The van der Waals surface area contributed by atoms with E-state index in [0.717, 1.165) is 52.1 Å². The number of hydrogen-bond donors (Lipinski definition) is 0. The van der Waals surface area contributed by atoms with Crippen LogP contribution >= 0.6 is 11.8 Å². The highest BCUT2D eigenvalue weighted by atomic mass is 32.2. The average molecular weight is 482 g/mol. The molecule has 0 N–H and O–H groups in total. The molecule has 2 aliphatic rings. The number of amides is 3. The van der Waals surface area contributed by atoms with Gasteiger partial charge in [0.15, 0.2) is 0 Å². The Bertz CT molecular complexity index is 1190. The molecule has 0 atom stereocenters. The SMILES string of the molecule is CCOC(=O)c1cccc(-n2c(C)cc(/C=C3/SC(=O)N(CC(=O)N4CCCC4)C3=O)c2C)c1. The van der Waals surface area contributed by atoms with E-state index in [1.54, 1.807) is 36.1 Å². The second-order valence-electron chi connectivity index (χ2n) is 8.29. The Labute approximate surface area is 202 Å². The number of esters is 1. The van der Waals surface area contributed by atoms with Gasteiger partial charge >= 0.3 is 5.97 Å². The predicted octanol–water partition coefficient (Wildman–Crippen LogP) is 3.93. The molecule has 0 aliphatic carbocycles. The summed E-state index contributed by atoms with van der Waals surface area (Å²) < 4.78 is 7.09. The van der Waals surface area contributed by atoms with Crippen molar-refractivity contribution < 1.29 is 23.9 Å². The largest absolute Gasteiger partial charge is 0.462 e. The minimum Gasteiger partial charge on any atom is -0.462 e. The highest BCUT2D eigenvalue weighted by Crippen LogP contribution is 2.34. The lowest BCUT2D eigenvalue weighted by atomic mass is 10.2. The maximum absolute atomic E-state index is 12.9. The van der Waals surface area contributed by atoms with Gasteiger partial charge in [-0.05, 0) is 81.3 Å². The Morgan fingerprint density at radius 3 is 2.56 bits per heavy atom. The maximum Gasteiger partial charge on any atom is 0.338 e. The highest BCUT2D eigenvalue weighted by molar-refractivity contribution is 8.18. The summed E-state index contributed by atoms with van der Waals surface area (Å²) in [6.45, 7) is 7.04. The number of hydrogen-bond acceptors (Lipinski definition) is 6. The Kier molecular flexibility index (Phi) is 6.92. The topological polar surface area (TPSA) is 88.9 Å². The van der Waals surface area contributed by atoms with E-state index in [2.05, 4.69) is 0 Å². The third kappa shape index (κ3) is 4.65. The Morgan fingerprint density at radius 1 is 1.12 bits per heavy atom. The van der Waals surface area contributed by atoms with Crippen LogP contribution in [0.1, 0.15) is 47.1 Å². The molecular weight excluding hydrogens is 454 g/mol. The van der Waals surface area contributed by atoms with Crippen molar-refractivity contribution in [3.05, 3.63) is 57.8 Å². The monoisotopic (exact) mass is 481 g/mol. The molecule has 0 radical (unpaired) electrons. The van der Waals surface area contributed by atoms with Crippen LogP contribution < -0.4 is 0 Å². The molecule has 1 aromatic carbocycles. The second kappa shape index (κ2) is 9.89. The summed E-state index contributed by atoms with van der Waals surface area (Å²) in [5, 5.41) is -0.431. The van der Waals surface area contributed by atoms with Gasteiger partial charge in [-0.2, -0.15) is 0 Å². The molecule has 8 nitrogen and oxygen atoms in total. The van der Waals surface area contributed by atoms with Gasteiger partial charge in [0.25, 0.3) is 11.1 Å². The number of ether oxygens (including phenoxy) is 1. The lowest BCUT2D eigenvalue weighted by Crippen LogP contribution is -2.40. The van der Waals surface area contributed by atoms with Crippen molar-refractivity contribution in [3.63, 3.8) is 0 Å². The zero-order valence-corrected chi connectivity index (χ0v) is 20.3. The lowest BCUT2D eigenvalue weighted by molar-refractivity contribution is -0.135. The number of imide groups is 1. The molecule has 3 heterocycles. The molecule has 2 fully saturated rings. The quantitative estimate of drug-likeness (QED) is 0.459. The van der Waals surface area contributed by atoms with Gasteiger partial charge in [-0.25, -0.2) is 4.79 Å². The van der Waals surface area contributed by atoms with Crippen molar-refractivity contribution in [1.29, 1.82) is 0 Å². The fraction of sp³-hybridized carbons (Fsp3) is 0.360. The molecular formula is C25H27N3O5S. The predicted molar refractivity (Wildman–Crippen MR) is 130 cm³/mol. The van der Waals surface area contributed by atoms with E-state index in [0.29, 0.717) is 30.2 Å². The van der Waals surface area contributed by atoms with E-state index in [1.807, 2.05) is 30.5 Å². The zero-order chi connectivity index (χ0) is 24.4. The van der Waals surface area contributed by atoms with Crippen LogP contribution in [0, 0.1) is 13.8 Å². The van der Waals surface area contributed by atoms with Crippen LogP contribution in [0.3, 0.4) is 0 Å². The number of thioether (sulfide) groups is 1. The van der Waals surface area contributed by atoms with E-state index in [-0.39, 0.29) is 18.4 Å². The first-order valence-corrected chi connectivity index (χ1v) is 12.1. The fourth-order valence-corrected chi connectivity index (χ4v) is 5.13. The van der Waals surface area contributed by atoms with Gasteiger partial charge in [-0.1, -0.05) is 6.07 Å². The average Bonchev–Trinajstić information content (AvgIpc) is 3.50. The van der Waals surface area contributed by atoms with Gasteiger partial charge in [0, 0.05) is 30.2 Å². The molecule has 178 valence electrons. The summed E-state index contributed by atoms with van der Waals surface area (Å²) in [5.74, 6) is -1.03. The van der Waals surface area contributed by atoms with Crippen molar-refractivity contribution in [2.75, 3.05) is 26.2 Å². The first-order valence-electron chi connectivity index (χ1n) is 11.3. The highest BCUT2D eigenvalue weighted by Gasteiger charge is 2.37. The van der Waals surface area contributed by atoms with Crippen molar-refractivity contribution >= 4 is 40.9 Å². The van der Waals surface area contributed by atoms with Crippen LogP contribution in [0.25, 0.3) is 11.8 Å². The Hall–Kier alpha value is -3.33. The third-order valence-electron chi connectivity index (χ3n) is 6.00. The Morgan fingerprint density at radius 2 is 1.85 bits per heavy atom. The number of carbonyl (C=O) groups excluding carboxylic acids is 4. The van der Waals surface area contributed by atoms with Gasteiger partial charge in [0.1, 0.15) is 6.54 Å². The van der Waals surface area contributed by atoms with Gasteiger partial charge in [-0.15, -0.1) is 0 Å². The van der Waals surface area contributed by atoms with Crippen molar-refractivity contribution in [3.8, 4) is 5.69 Å². The minimum absolute atomic E-state index is 0.194. The third-order valence-corrected chi connectivity index (χ3v) is 6.91. The first kappa shape index (κ1) is 23.8. The summed E-state index contributed by atoms with van der Waals surface area (Å²) in [7, 11) is 0. The summed E-state index contributed by atoms with van der Waals surface area (Å²) >= 11 is 0.850. The van der Waals surface area contributed by atoms with Gasteiger partial charge in [-0.3, -0.25) is 19.3 Å². The number of benzene rings is 1. The van der Waals surface area contributed by atoms with Gasteiger partial charge < -0.3 is 14.2 Å². The normalized spacial score (nSPS) is 17.2. The molecule has 2 aliphatic heterocycles. The van der Waals surface area contributed by atoms with E-state index in [4.69, 9.17) is 4.74 Å². The summed E-state index contributed by atoms with van der Waals surface area (Å²) in [5.41, 5.74) is 3.81. The van der Waals surface area contributed by atoms with Crippen molar-refractivity contribution in [2.24, 2.45) is 0 Å². The standard InChI is InChI=1S/C25H27N3O5S/c1-4-33-24(31)18-8-7-9-20(13-18)28-16(2)12-19(17(28)3)14-21-23(30)27(25(32)34-21)15-22(29)26-10-5-6-11-26/h7-9,12-14H,4-6,10-11,15H2,1-3H3/b21-14+. The number of aryl methyl sites for hydroxylation is 1. The van der Waals surface area contributed by atoms with Crippen molar-refractivity contribution in [2.45, 2.75) is 33.6 Å². The first-order chi connectivity index (χ1) is 16.3. The fourth-order valence-electron chi connectivity index (χ4n) is 4.30. The van der Waals surface area contributed by atoms with Crippen LogP contribution in [0.15, 0.2) is 35.2 Å². The van der Waals surface area contributed by atoms with E-state index >= 15 is 0 Å². The summed E-state index contributed by atoms with van der Waals surface area (Å²) in [6, 6.07) is 9.08. The molecule has 2 saturated heterocycles. The van der Waals surface area contributed by atoms with Crippen LogP contribution in [0.4, 0.5) is 4.79 Å². The molecule has 0 bridgehead atoms. The number of rotatable bonds is 6. The molecule has 34 heavy (non-hydrogen) atoms. The zero-order valence-electron chi connectivity index (χ0n) is 19.5. The minimum atomic E-state index is -0.448. The second-order valence-corrected chi connectivity index (χ2v) is 9.28. The molecule has 3 amide bonds. The number of likely N-dealkylation sites (tertiary alicyclic amines) is 1. The van der Waals surface area contributed by atoms with Crippen molar-refractivity contribution in [1.82, 2.24) is 14.4 Å². The van der Waals surface area contributed by atoms with E-state index in [9.17, 15) is 19.2 Å². The number of aromatic nitrogens is 1. The van der Waals surface area contributed by atoms with Crippen LogP contribution in [-0.2, 0) is 14.3 Å². The molecule has 2 aromatic rings. The van der Waals surface area contributed by atoms with Crippen LogP contribution in [-0.4, -0.2) is 63.6 Å². The summed E-state index contributed by atoms with van der Waals surface area (Å²) in [4.78, 5) is 53.0. The molecule has 0 spiro atoms. The van der Waals surface area contributed by atoms with Gasteiger partial charge in [0.2, 0.25) is 5.91 Å². The molecule has 0 unspecified atom stereocenters. The summed E-state index contributed by atoms with van der Waals surface area (Å²) in [6.07, 6.45) is 3.59. The van der Waals surface area contributed by atoms with Crippen LogP contribution in [0.2, 0.25) is 0 Å². The molecule has 1 aromatic heterocycles. The maximum atomic E-state index is 12.9. The number of nitrogens with zero attached hydrogens (tertiary/aromatic N) is 3. The molecule has 0 saturated carbocycles. The molecule has 4 rings (SSSR count). The van der Waals surface area contributed by atoms with Gasteiger partial charge in [0.05, 0.1) is 17.1 Å². The van der Waals surface area contributed by atoms with E-state index < -0.39 is 11.1 Å². The number of carbonyl (C=O) groups is 4.